The van der Waals surface area contributed by atoms with Gasteiger partial charge in [-0.15, -0.1) is 0 Å². The summed E-state index contributed by atoms with van der Waals surface area (Å²) in [5.74, 6) is 0.0187. The van der Waals surface area contributed by atoms with Crippen LogP contribution >= 0.6 is 0 Å². The van der Waals surface area contributed by atoms with Crippen LogP contribution < -0.4 is 14.2 Å². The van der Waals surface area contributed by atoms with Crippen molar-refractivity contribution in [3.05, 3.63) is 95.3 Å². The Morgan fingerprint density at radius 1 is 0.867 bits per heavy atom. The number of esters is 1. The van der Waals surface area contributed by atoms with E-state index in [-0.39, 0.29) is 11.3 Å². The van der Waals surface area contributed by atoms with Crippen molar-refractivity contribution in [3.8, 4) is 17.2 Å². The predicted molar refractivity (Wildman–Crippen MR) is 111 cm³/mol. The summed E-state index contributed by atoms with van der Waals surface area (Å²) in [6.07, 6.45) is 3.02. The van der Waals surface area contributed by atoms with Gasteiger partial charge in [0, 0.05) is 6.07 Å². The molecule has 0 bridgehead atoms. The molecule has 0 radical (unpaired) electrons. The summed E-state index contributed by atoms with van der Waals surface area (Å²) in [6, 6.07) is 16.7. The molecule has 0 aliphatic rings. The molecule has 0 fully saturated rings. The van der Waals surface area contributed by atoms with Gasteiger partial charge in [0.05, 0.1) is 25.3 Å². The molecule has 0 spiro atoms. The van der Waals surface area contributed by atoms with E-state index in [0.29, 0.717) is 28.4 Å². The van der Waals surface area contributed by atoms with Crippen LogP contribution in [0.4, 0.5) is 4.39 Å². The first-order valence-corrected chi connectivity index (χ1v) is 9.02. The Bertz CT molecular complexity index is 1090. The lowest BCUT2D eigenvalue weighted by atomic mass is 10.1. The van der Waals surface area contributed by atoms with Crippen molar-refractivity contribution in [3.63, 3.8) is 0 Å². The second-order valence-corrected chi connectivity index (χ2v) is 6.23. The number of carbonyl (C=O) groups excluding carboxylic acids is 2. The Balaban J connectivity index is 1.73. The van der Waals surface area contributed by atoms with Crippen LogP contribution in [-0.4, -0.2) is 26.0 Å². The van der Waals surface area contributed by atoms with Gasteiger partial charge in [-0.25, -0.2) is 9.18 Å². The van der Waals surface area contributed by atoms with E-state index in [1.54, 1.807) is 48.5 Å². The number of ketones is 1. The van der Waals surface area contributed by atoms with Crippen LogP contribution in [0.15, 0.2) is 72.8 Å². The maximum absolute atomic E-state index is 13.0. The van der Waals surface area contributed by atoms with Gasteiger partial charge in [-0.3, -0.25) is 4.79 Å². The first kappa shape index (κ1) is 20.8. The molecule has 5 nitrogen and oxygen atoms in total. The van der Waals surface area contributed by atoms with E-state index in [2.05, 4.69) is 0 Å². The van der Waals surface area contributed by atoms with E-state index < -0.39 is 11.8 Å². The zero-order valence-corrected chi connectivity index (χ0v) is 16.4. The molecule has 6 heteroatoms. The molecule has 152 valence electrons. The number of methoxy groups -OCH3 is 2. The largest absolute Gasteiger partial charge is 0.497 e. The maximum atomic E-state index is 13.0. The van der Waals surface area contributed by atoms with Crippen molar-refractivity contribution < 1.29 is 28.2 Å². The highest BCUT2D eigenvalue weighted by Crippen LogP contribution is 2.25. The normalized spacial score (nSPS) is 10.6. The van der Waals surface area contributed by atoms with Crippen LogP contribution in [0, 0.1) is 5.82 Å². The second-order valence-electron chi connectivity index (χ2n) is 6.23. The molecule has 3 aromatic carbocycles. The van der Waals surface area contributed by atoms with E-state index in [1.165, 1.54) is 44.6 Å². The molecular formula is C24H19FO5. The van der Waals surface area contributed by atoms with Crippen LogP contribution in [-0.2, 0) is 0 Å². The number of rotatable bonds is 7. The van der Waals surface area contributed by atoms with Gasteiger partial charge in [0.25, 0.3) is 0 Å². The van der Waals surface area contributed by atoms with Gasteiger partial charge in [-0.1, -0.05) is 18.2 Å². The van der Waals surface area contributed by atoms with Crippen LogP contribution in [0.3, 0.4) is 0 Å². The molecule has 0 saturated heterocycles. The second kappa shape index (κ2) is 9.52. The number of hydrogen-bond acceptors (Lipinski definition) is 5. The third-order valence-corrected chi connectivity index (χ3v) is 4.25. The monoisotopic (exact) mass is 406 g/mol. The Morgan fingerprint density at radius 3 is 2.33 bits per heavy atom. The zero-order chi connectivity index (χ0) is 21.5. The van der Waals surface area contributed by atoms with Crippen LogP contribution in [0.25, 0.3) is 6.08 Å². The number of halogens is 1. The number of allylic oxidation sites excluding steroid dienone is 1. The van der Waals surface area contributed by atoms with Crippen molar-refractivity contribution in [1.82, 2.24) is 0 Å². The minimum atomic E-state index is -0.602. The summed E-state index contributed by atoms with van der Waals surface area (Å²) >= 11 is 0. The van der Waals surface area contributed by atoms with Gasteiger partial charge in [0.2, 0.25) is 0 Å². The lowest BCUT2D eigenvalue weighted by molar-refractivity contribution is 0.0734. The summed E-state index contributed by atoms with van der Waals surface area (Å²) in [4.78, 5) is 24.7. The van der Waals surface area contributed by atoms with Crippen molar-refractivity contribution in [2.24, 2.45) is 0 Å². The highest BCUT2D eigenvalue weighted by atomic mass is 19.1. The minimum absolute atomic E-state index is 0.235. The highest BCUT2D eigenvalue weighted by Gasteiger charge is 2.11. The third-order valence-electron chi connectivity index (χ3n) is 4.25. The Labute approximate surface area is 173 Å². The molecule has 0 N–H and O–H groups in total. The van der Waals surface area contributed by atoms with E-state index in [1.807, 2.05) is 0 Å². The average molecular weight is 406 g/mol. The smallest absolute Gasteiger partial charge is 0.343 e. The molecule has 0 saturated carbocycles. The molecule has 0 atom stereocenters. The summed E-state index contributed by atoms with van der Waals surface area (Å²) in [7, 11) is 3.01. The van der Waals surface area contributed by atoms with Crippen molar-refractivity contribution >= 4 is 17.8 Å². The Morgan fingerprint density at radius 2 is 1.63 bits per heavy atom. The molecule has 0 unspecified atom stereocenters. The quantitative estimate of drug-likeness (QED) is 0.240. The lowest BCUT2D eigenvalue weighted by Crippen LogP contribution is -2.08. The third kappa shape index (κ3) is 5.11. The van der Waals surface area contributed by atoms with Gasteiger partial charge in [-0.2, -0.15) is 0 Å². The highest BCUT2D eigenvalue weighted by molar-refractivity contribution is 6.08. The summed E-state index contributed by atoms with van der Waals surface area (Å²) in [5, 5.41) is 0. The SMILES string of the molecule is COc1ccc(C(=O)/C=C/c2cccc(OC(=O)c3ccc(F)cc3)c2)c(OC)c1. The topological polar surface area (TPSA) is 61.8 Å². The van der Waals surface area contributed by atoms with E-state index >= 15 is 0 Å². The van der Waals surface area contributed by atoms with Crippen molar-refractivity contribution in [2.75, 3.05) is 14.2 Å². The van der Waals surface area contributed by atoms with Gasteiger partial charge < -0.3 is 14.2 Å². The Kier molecular flexibility index (Phi) is 6.60. The standard InChI is InChI=1S/C24H19FO5/c1-28-19-11-12-21(23(15-19)29-2)22(26)13-6-16-4-3-5-20(14-16)30-24(27)17-7-9-18(25)10-8-17/h3-15H,1-2H3/b13-6+. The predicted octanol–water partition coefficient (Wildman–Crippen LogP) is 4.96. The van der Waals surface area contributed by atoms with Crippen LogP contribution in [0.1, 0.15) is 26.3 Å². The molecule has 0 aliphatic heterocycles. The Hall–Kier alpha value is -3.93. The minimum Gasteiger partial charge on any atom is -0.497 e. The summed E-state index contributed by atoms with van der Waals surface area (Å²) < 4.78 is 28.7. The van der Waals surface area contributed by atoms with Crippen LogP contribution in [0.2, 0.25) is 0 Å². The average Bonchev–Trinajstić information content (AvgIpc) is 2.77. The molecule has 3 aromatic rings. The first-order chi connectivity index (χ1) is 14.5. The molecule has 0 aliphatic carbocycles. The fourth-order valence-corrected chi connectivity index (χ4v) is 2.70. The number of ether oxygens (including phenoxy) is 3. The van der Waals surface area contributed by atoms with Crippen LogP contribution in [0.5, 0.6) is 17.2 Å². The van der Waals surface area contributed by atoms with Crippen molar-refractivity contribution in [1.29, 1.82) is 0 Å². The van der Waals surface area contributed by atoms with E-state index in [9.17, 15) is 14.0 Å². The molecule has 0 amide bonds. The number of hydrogen-bond donors (Lipinski definition) is 0. The van der Waals surface area contributed by atoms with Crippen molar-refractivity contribution in [2.45, 2.75) is 0 Å². The first-order valence-electron chi connectivity index (χ1n) is 9.02. The van der Waals surface area contributed by atoms with Gasteiger partial charge >= 0.3 is 5.97 Å². The van der Waals surface area contributed by atoms with E-state index in [4.69, 9.17) is 14.2 Å². The van der Waals surface area contributed by atoms with E-state index in [0.717, 1.165) is 0 Å². The van der Waals surface area contributed by atoms with Gasteiger partial charge in [0.1, 0.15) is 23.1 Å². The van der Waals surface area contributed by atoms with Gasteiger partial charge in [-0.05, 0) is 60.2 Å². The molecular weight excluding hydrogens is 387 g/mol. The molecule has 30 heavy (non-hydrogen) atoms. The molecule has 0 aromatic heterocycles. The number of benzene rings is 3. The molecule has 3 rings (SSSR count). The summed E-state index contributed by atoms with van der Waals surface area (Å²) in [5.41, 5.74) is 1.30. The summed E-state index contributed by atoms with van der Waals surface area (Å²) in [6.45, 7) is 0. The maximum Gasteiger partial charge on any atom is 0.343 e. The zero-order valence-electron chi connectivity index (χ0n) is 16.4. The molecule has 0 heterocycles. The fraction of sp³-hybridized carbons (Fsp3) is 0.0833. The lowest BCUT2D eigenvalue weighted by Gasteiger charge is -2.08. The van der Waals surface area contributed by atoms with Gasteiger partial charge in [0.15, 0.2) is 5.78 Å². The number of carbonyl (C=O) groups is 2. The fourth-order valence-electron chi connectivity index (χ4n) is 2.70.